The van der Waals surface area contributed by atoms with Gasteiger partial charge in [0.05, 0.1) is 28.6 Å². The highest BCUT2D eigenvalue weighted by atomic mass is 16.6. The van der Waals surface area contributed by atoms with E-state index in [4.69, 9.17) is 19.7 Å². The molecule has 0 saturated carbocycles. The molecule has 2 bridgehead atoms. The Morgan fingerprint density at radius 3 is 2.26 bits per heavy atom. The van der Waals surface area contributed by atoms with E-state index in [2.05, 4.69) is 32.9 Å². The Morgan fingerprint density at radius 2 is 1.58 bits per heavy atom. The van der Waals surface area contributed by atoms with Crippen LogP contribution >= 0.6 is 0 Å². The van der Waals surface area contributed by atoms with E-state index in [0.29, 0.717) is 0 Å². The first-order chi connectivity index (χ1) is 14.9. The fourth-order valence-corrected chi connectivity index (χ4v) is 5.79. The molecule has 31 heavy (non-hydrogen) atoms. The smallest absolute Gasteiger partial charge is 0.223 e. The summed E-state index contributed by atoms with van der Waals surface area (Å²) in [7, 11) is 0. The molecular formula is C25H26N4O2. The van der Waals surface area contributed by atoms with Gasteiger partial charge in [-0.15, -0.1) is 0 Å². The van der Waals surface area contributed by atoms with Gasteiger partial charge >= 0.3 is 0 Å². The largest absolute Gasteiger partial charge is 0.470 e. The Kier molecular flexibility index (Phi) is 3.73. The fourth-order valence-electron chi connectivity index (χ4n) is 5.79. The van der Waals surface area contributed by atoms with Crippen molar-refractivity contribution in [2.75, 3.05) is 5.01 Å². The quantitative estimate of drug-likeness (QED) is 0.604. The molecule has 1 aromatic heterocycles. The molecule has 4 heterocycles. The fraction of sp³-hybridized carbons (Fsp3) is 0.360. The first kappa shape index (κ1) is 18.6. The van der Waals surface area contributed by atoms with E-state index in [1.807, 2.05) is 65.1 Å². The van der Waals surface area contributed by atoms with Crippen LogP contribution in [0.4, 0.5) is 5.69 Å². The van der Waals surface area contributed by atoms with Gasteiger partial charge in [0.1, 0.15) is 11.2 Å². The minimum absolute atomic E-state index is 0.0216. The third-order valence-corrected chi connectivity index (χ3v) is 6.87. The van der Waals surface area contributed by atoms with Crippen molar-refractivity contribution in [3.8, 4) is 11.6 Å². The number of aromatic nitrogens is 2. The van der Waals surface area contributed by atoms with Crippen LogP contribution in [0, 0.1) is 12.8 Å². The van der Waals surface area contributed by atoms with Crippen LogP contribution in [-0.2, 0) is 10.3 Å². The van der Waals surface area contributed by atoms with Crippen molar-refractivity contribution in [3.63, 3.8) is 0 Å². The molecule has 158 valence electrons. The van der Waals surface area contributed by atoms with E-state index in [0.717, 1.165) is 40.6 Å². The lowest BCUT2D eigenvalue weighted by atomic mass is 9.70. The summed E-state index contributed by atoms with van der Waals surface area (Å²) in [6.07, 6.45) is 0.532. The van der Waals surface area contributed by atoms with Gasteiger partial charge in [0, 0.05) is 12.1 Å². The summed E-state index contributed by atoms with van der Waals surface area (Å²) in [5.74, 6) is 0.803. The maximum absolute atomic E-state index is 6.91. The number of nitrogens with zero attached hydrogens (tertiary/aromatic N) is 4. The summed E-state index contributed by atoms with van der Waals surface area (Å²) in [6, 6.07) is 20.4. The third-order valence-electron chi connectivity index (χ3n) is 6.87. The molecule has 6 heteroatoms. The Labute approximate surface area is 182 Å². The molecule has 4 atom stereocenters. The van der Waals surface area contributed by atoms with Gasteiger partial charge in [0.15, 0.2) is 6.23 Å². The van der Waals surface area contributed by atoms with Crippen molar-refractivity contribution in [1.29, 1.82) is 0 Å². The lowest BCUT2D eigenvalue weighted by Gasteiger charge is -2.54. The van der Waals surface area contributed by atoms with Crippen LogP contribution in [0.3, 0.4) is 0 Å². The molecule has 0 aliphatic carbocycles. The molecule has 6 rings (SSSR count). The number of hydrogen-bond acceptors (Lipinski definition) is 5. The standard InChI is InChI=1S/C25H26N4O2/c1-16-20-22(28(26-16)18-11-7-5-8-12-18)30-25(4)15-24(20,3)31-23-21(25)17(2)27-29(23)19-13-9-6-10-14-19/h5-14,20,22H,15H2,1-4H3/t20-,22-,24-,25-/m0/s1. The van der Waals surface area contributed by atoms with E-state index >= 15 is 0 Å². The predicted molar refractivity (Wildman–Crippen MR) is 120 cm³/mol. The first-order valence-electron chi connectivity index (χ1n) is 10.8. The molecule has 3 aliphatic heterocycles. The lowest BCUT2D eigenvalue weighted by molar-refractivity contribution is -0.212. The van der Waals surface area contributed by atoms with Gasteiger partial charge < -0.3 is 9.47 Å². The summed E-state index contributed by atoms with van der Waals surface area (Å²) in [5, 5.41) is 11.8. The summed E-state index contributed by atoms with van der Waals surface area (Å²) in [4.78, 5) is 0. The molecule has 6 nitrogen and oxygen atoms in total. The summed E-state index contributed by atoms with van der Waals surface area (Å²) >= 11 is 0. The average molecular weight is 415 g/mol. The minimum Gasteiger partial charge on any atom is -0.470 e. The molecular weight excluding hydrogens is 388 g/mol. The van der Waals surface area contributed by atoms with Crippen LogP contribution in [0.15, 0.2) is 65.8 Å². The molecule has 1 fully saturated rings. The SMILES string of the molecule is CC1=NN(c2ccccc2)[C@H]2O[C@@]3(C)C[C@](C)(Oc4c3c(C)nn4-c3ccccc3)[C@@H]12. The van der Waals surface area contributed by atoms with Crippen LogP contribution in [-0.4, -0.2) is 27.3 Å². The van der Waals surface area contributed by atoms with Gasteiger partial charge in [-0.1, -0.05) is 36.4 Å². The molecule has 0 amide bonds. The topological polar surface area (TPSA) is 51.9 Å². The number of ether oxygens (including phenoxy) is 2. The van der Waals surface area contributed by atoms with Crippen LogP contribution in [0.5, 0.6) is 5.88 Å². The number of aryl methyl sites for hydroxylation is 1. The van der Waals surface area contributed by atoms with E-state index in [9.17, 15) is 0 Å². The molecule has 0 radical (unpaired) electrons. The average Bonchev–Trinajstić information content (AvgIpc) is 3.26. The zero-order chi connectivity index (χ0) is 21.4. The highest BCUT2D eigenvalue weighted by Gasteiger charge is 2.63. The molecule has 3 aliphatic rings. The van der Waals surface area contributed by atoms with Gasteiger partial charge in [-0.25, -0.2) is 9.69 Å². The van der Waals surface area contributed by atoms with Crippen LogP contribution in [0.25, 0.3) is 5.69 Å². The van der Waals surface area contributed by atoms with Crippen molar-refractivity contribution in [2.24, 2.45) is 11.0 Å². The van der Waals surface area contributed by atoms with Gasteiger partial charge in [0.2, 0.25) is 5.88 Å². The minimum atomic E-state index is -0.520. The van der Waals surface area contributed by atoms with Gasteiger partial charge in [0.25, 0.3) is 0 Å². The van der Waals surface area contributed by atoms with Crippen molar-refractivity contribution in [1.82, 2.24) is 9.78 Å². The zero-order valence-corrected chi connectivity index (χ0v) is 18.2. The number of hydrogen-bond donors (Lipinski definition) is 0. The van der Waals surface area contributed by atoms with Crippen LogP contribution in [0.2, 0.25) is 0 Å². The number of hydrazone groups is 1. The second kappa shape index (κ2) is 6.20. The third kappa shape index (κ3) is 2.54. The highest BCUT2D eigenvalue weighted by Crippen LogP contribution is 2.57. The second-order valence-corrected chi connectivity index (χ2v) is 9.24. The zero-order valence-electron chi connectivity index (χ0n) is 18.2. The molecule has 0 spiro atoms. The van der Waals surface area contributed by atoms with Crippen LogP contribution < -0.4 is 9.75 Å². The lowest BCUT2D eigenvalue weighted by Crippen LogP contribution is -2.63. The number of rotatable bonds is 2. The maximum Gasteiger partial charge on any atom is 0.223 e. The number of benzene rings is 2. The number of fused-ring (bicyclic) bond motifs is 6. The Morgan fingerprint density at radius 1 is 0.935 bits per heavy atom. The van der Waals surface area contributed by atoms with Crippen molar-refractivity contribution >= 4 is 11.4 Å². The molecule has 2 aromatic carbocycles. The summed E-state index contributed by atoms with van der Waals surface area (Å²) < 4.78 is 15.7. The molecule has 1 saturated heterocycles. The second-order valence-electron chi connectivity index (χ2n) is 9.24. The molecule has 0 unspecified atom stereocenters. The molecule has 0 N–H and O–H groups in total. The monoisotopic (exact) mass is 414 g/mol. The van der Waals surface area contributed by atoms with Gasteiger partial charge in [-0.2, -0.15) is 10.2 Å². The Hall–Kier alpha value is -3.12. The predicted octanol–water partition coefficient (Wildman–Crippen LogP) is 4.81. The first-order valence-corrected chi connectivity index (χ1v) is 10.8. The van der Waals surface area contributed by atoms with Crippen molar-refractivity contribution in [2.45, 2.75) is 51.5 Å². The van der Waals surface area contributed by atoms with E-state index < -0.39 is 11.2 Å². The maximum atomic E-state index is 6.91. The van der Waals surface area contributed by atoms with Gasteiger partial charge in [-0.3, -0.25) is 0 Å². The van der Waals surface area contributed by atoms with Gasteiger partial charge in [-0.05, 0) is 52.0 Å². The summed E-state index contributed by atoms with van der Waals surface area (Å²) in [5.41, 5.74) is 4.03. The van der Waals surface area contributed by atoms with Crippen molar-refractivity contribution < 1.29 is 9.47 Å². The number of para-hydroxylation sites is 2. The van der Waals surface area contributed by atoms with E-state index in [1.165, 1.54) is 0 Å². The van der Waals surface area contributed by atoms with Crippen LogP contribution in [0.1, 0.15) is 38.4 Å². The van der Waals surface area contributed by atoms with E-state index in [-0.39, 0.29) is 12.1 Å². The normalized spacial score (nSPS) is 31.0. The molecule has 3 aromatic rings. The Bertz CT molecular complexity index is 1190. The Balaban J connectivity index is 1.50. The van der Waals surface area contributed by atoms with Crippen molar-refractivity contribution in [3.05, 3.63) is 71.9 Å². The van der Waals surface area contributed by atoms with E-state index in [1.54, 1.807) is 0 Å². The highest BCUT2D eigenvalue weighted by molar-refractivity contribution is 5.90. The number of anilines is 1. The summed E-state index contributed by atoms with van der Waals surface area (Å²) in [6.45, 7) is 8.48.